The van der Waals surface area contributed by atoms with Gasteiger partial charge in [-0.3, -0.25) is 4.79 Å². The Morgan fingerprint density at radius 1 is 1.38 bits per heavy atom. The first kappa shape index (κ1) is 10.5. The van der Waals surface area contributed by atoms with Crippen LogP contribution in [-0.4, -0.2) is 25.5 Å². The topological polar surface area (TPSA) is 41.1 Å². The molecule has 0 unspecified atom stereocenters. The van der Waals surface area contributed by atoms with Crippen LogP contribution in [0, 0.1) is 0 Å². The van der Waals surface area contributed by atoms with Crippen molar-refractivity contribution in [3.05, 3.63) is 0 Å². The number of hydrogen-bond acceptors (Lipinski definition) is 2. The molecule has 1 aliphatic rings. The van der Waals surface area contributed by atoms with Crippen molar-refractivity contribution in [3.63, 3.8) is 0 Å². The molecular formula is C10H20N2O. The Hall–Kier alpha value is -0.570. The van der Waals surface area contributed by atoms with E-state index in [9.17, 15) is 4.79 Å². The molecule has 0 aliphatic heterocycles. The van der Waals surface area contributed by atoms with Crippen molar-refractivity contribution in [1.29, 1.82) is 0 Å². The Kier molecular flexibility index (Phi) is 4.83. The highest BCUT2D eigenvalue weighted by Crippen LogP contribution is 2.17. The second-order valence-electron chi connectivity index (χ2n) is 3.76. The molecule has 1 amide bonds. The van der Waals surface area contributed by atoms with E-state index in [2.05, 4.69) is 10.6 Å². The van der Waals surface area contributed by atoms with Crippen LogP contribution in [0.1, 0.15) is 38.5 Å². The highest BCUT2D eigenvalue weighted by molar-refractivity contribution is 5.76. The second kappa shape index (κ2) is 5.97. The predicted molar refractivity (Wildman–Crippen MR) is 53.6 cm³/mol. The first-order valence-electron chi connectivity index (χ1n) is 5.27. The molecule has 0 spiro atoms. The van der Waals surface area contributed by atoms with Gasteiger partial charge in [-0.2, -0.15) is 0 Å². The minimum absolute atomic E-state index is 0.224. The van der Waals surface area contributed by atoms with E-state index in [1.165, 1.54) is 25.7 Å². The number of nitrogens with one attached hydrogen (secondary N) is 2. The van der Waals surface area contributed by atoms with Crippen molar-refractivity contribution in [2.24, 2.45) is 0 Å². The molecule has 2 N–H and O–H groups in total. The maximum atomic E-state index is 11.3. The maximum Gasteiger partial charge on any atom is 0.220 e. The number of carbonyl (C=O) groups is 1. The third-order valence-corrected chi connectivity index (χ3v) is 2.55. The minimum Gasteiger partial charge on any atom is -0.353 e. The van der Waals surface area contributed by atoms with Crippen LogP contribution in [0.4, 0.5) is 0 Å². The summed E-state index contributed by atoms with van der Waals surface area (Å²) in [5, 5.41) is 6.11. The Labute approximate surface area is 80.3 Å². The van der Waals surface area contributed by atoms with E-state index in [1.807, 2.05) is 7.05 Å². The summed E-state index contributed by atoms with van der Waals surface area (Å²) in [5.41, 5.74) is 0. The van der Waals surface area contributed by atoms with Crippen LogP contribution < -0.4 is 10.6 Å². The molecule has 0 atom stereocenters. The number of hydrogen-bond donors (Lipinski definition) is 2. The summed E-state index contributed by atoms with van der Waals surface area (Å²) in [6.45, 7) is 0.929. The summed E-state index contributed by atoms with van der Waals surface area (Å²) in [5.74, 6) is 0.224. The van der Waals surface area contributed by atoms with Crippen molar-refractivity contribution < 1.29 is 4.79 Å². The molecule has 1 fully saturated rings. The third-order valence-electron chi connectivity index (χ3n) is 2.55. The standard InChI is InChI=1S/C10H20N2O/c1-11-8-4-7-10(13)12-9-5-2-3-6-9/h9,11H,2-8H2,1H3,(H,12,13). The van der Waals surface area contributed by atoms with E-state index in [0.717, 1.165) is 13.0 Å². The Morgan fingerprint density at radius 3 is 2.69 bits per heavy atom. The fourth-order valence-corrected chi connectivity index (χ4v) is 1.80. The molecule has 13 heavy (non-hydrogen) atoms. The molecule has 0 aromatic heterocycles. The molecule has 0 radical (unpaired) electrons. The Balaban J connectivity index is 2.02. The number of rotatable bonds is 5. The normalized spacial score (nSPS) is 17.6. The monoisotopic (exact) mass is 184 g/mol. The molecule has 3 heteroatoms. The number of amides is 1. The SMILES string of the molecule is CNCCCC(=O)NC1CCCC1. The van der Waals surface area contributed by atoms with Crippen LogP contribution >= 0.6 is 0 Å². The van der Waals surface area contributed by atoms with Crippen LogP contribution in [-0.2, 0) is 4.79 Å². The Morgan fingerprint density at radius 2 is 2.08 bits per heavy atom. The summed E-state index contributed by atoms with van der Waals surface area (Å²) in [4.78, 5) is 11.3. The van der Waals surface area contributed by atoms with Crippen molar-refractivity contribution in [1.82, 2.24) is 10.6 Å². The molecule has 76 valence electrons. The smallest absolute Gasteiger partial charge is 0.220 e. The molecule has 0 saturated heterocycles. The molecule has 1 rings (SSSR count). The van der Waals surface area contributed by atoms with Gasteiger partial charge in [-0.05, 0) is 32.9 Å². The summed E-state index contributed by atoms with van der Waals surface area (Å²) in [6, 6.07) is 0.474. The van der Waals surface area contributed by atoms with Crippen LogP contribution in [0.3, 0.4) is 0 Å². The lowest BCUT2D eigenvalue weighted by Crippen LogP contribution is -2.32. The van der Waals surface area contributed by atoms with E-state index in [0.29, 0.717) is 12.5 Å². The van der Waals surface area contributed by atoms with Crippen LogP contribution in [0.5, 0.6) is 0 Å². The van der Waals surface area contributed by atoms with Gasteiger partial charge in [0.15, 0.2) is 0 Å². The fraction of sp³-hybridized carbons (Fsp3) is 0.900. The fourth-order valence-electron chi connectivity index (χ4n) is 1.80. The predicted octanol–water partition coefficient (Wildman–Crippen LogP) is 1.04. The van der Waals surface area contributed by atoms with Crippen molar-refractivity contribution >= 4 is 5.91 Å². The van der Waals surface area contributed by atoms with Gasteiger partial charge < -0.3 is 10.6 Å². The summed E-state index contributed by atoms with van der Waals surface area (Å²) < 4.78 is 0. The van der Waals surface area contributed by atoms with Gasteiger partial charge in [0.25, 0.3) is 0 Å². The van der Waals surface area contributed by atoms with Crippen LogP contribution in [0.25, 0.3) is 0 Å². The van der Waals surface area contributed by atoms with Gasteiger partial charge >= 0.3 is 0 Å². The van der Waals surface area contributed by atoms with E-state index >= 15 is 0 Å². The lowest BCUT2D eigenvalue weighted by molar-refractivity contribution is -0.121. The zero-order chi connectivity index (χ0) is 9.52. The number of carbonyl (C=O) groups excluding carboxylic acids is 1. The maximum absolute atomic E-state index is 11.3. The second-order valence-corrected chi connectivity index (χ2v) is 3.76. The highest BCUT2D eigenvalue weighted by atomic mass is 16.1. The molecule has 1 saturated carbocycles. The molecule has 0 bridgehead atoms. The van der Waals surface area contributed by atoms with E-state index in [-0.39, 0.29) is 5.91 Å². The summed E-state index contributed by atoms with van der Waals surface area (Å²) in [6.07, 6.45) is 6.52. The van der Waals surface area contributed by atoms with Crippen LogP contribution in [0.2, 0.25) is 0 Å². The van der Waals surface area contributed by atoms with E-state index in [4.69, 9.17) is 0 Å². The van der Waals surface area contributed by atoms with E-state index < -0.39 is 0 Å². The first-order chi connectivity index (χ1) is 6.33. The molecular weight excluding hydrogens is 164 g/mol. The first-order valence-corrected chi connectivity index (χ1v) is 5.27. The molecule has 0 heterocycles. The average molecular weight is 184 g/mol. The Bertz CT molecular complexity index is 153. The average Bonchev–Trinajstić information content (AvgIpc) is 2.57. The molecule has 1 aliphatic carbocycles. The lowest BCUT2D eigenvalue weighted by Gasteiger charge is -2.11. The molecule has 0 aromatic rings. The van der Waals surface area contributed by atoms with Crippen molar-refractivity contribution in [3.8, 4) is 0 Å². The summed E-state index contributed by atoms with van der Waals surface area (Å²) >= 11 is 0. The third kappa shape index (κ3) is 4.27. The van der Waals surface area contributed by atoms with Gasteiger partial charge in [0, 0.05) is 12.5 Å². The summed E-state index contributed by atoms with van der Waals surface area (Å²) in [7, 11) is 1.91. The quantitative estimate of drug-likeness (QED) is 0.627. The molecule has 3 nitrogen and oxygen atoms in total. The van der Waals surface area contributed by atoms with Gasteiger partial charge in [-0.25, -0.2) is 0 Å². The zero-order valence-corrected chi connectivity index (χ0v) is 8.44. The molecule has 0 aromatic carbocycles. The van der Waals surface area contributed by atoms with Gasteiger partial charge in [-0.1, -0.05) is 12.8 Å². The van der Waals surface area contributed by atoms with E-state index in [1.54, 1.807) is 0 Å². The van der Waals surface area contributed by atoms with Crippen molar-refractivity contribution in [2.45, 2.75) is 44.6 Å². The van der Waals surface area contributed by atoms with Gasteiger partial charge in [0.05, 0.1) is 0 Å². The lowest BCUT2D eigenvalue weighted by atomic mass is 10.2. The minimum atomic E-state index is 0.224. The van der Waals surface area contributed by atoms with Crippen molar-refractivity contribution in [2.75, 3.05) is 13.6 Å². The largest absolute Gasteiger partial charge is 0.353 e. The van der Waals surface area contributed by atoms with Gasteiger partial charge in [0.2, 0.25) is 5.91 Å². The van der Waals surface area contributed by atoms with Crippen LogP contribution in [0.15, 0.2) is 0 Å². The van der Waals surface area contributed by atoms with Gasteiger partial charge in [-0.15, -0.1) is 0 Å². The van der Waals surface area contributed by atoms with Gasteiger partial charge in [0.1, 0.15) is 0 Å². The zero-order valence-electron chi connectivity index (χ0n) is 8.44. The highest BCUT2D eigenvalue weighted by Gasteiger charge is 2.16.